The van der Waals surface area contributed by atoms with Crippen molar-refractivity contribution >= 4 is 42.1 Å². The zero-order valence-electron chi connectivity index (χ0n) is 11.1. The van der Waals surface area contributed by atoms with E-state index in [4.69, 9.17) is 5.73 Å². The van der Waals surface area contributed by atoms with E-state index in [1.165, 1.54) is 0 Å². The molecule has 0 radical (unpaired) electrons. The Kier molecular flexibility index (Phi) is 8.81. The lowest BCUT2D eigenvalue weighted by Crippen LogP contribution is -2.41. The Morgan fingerprint density at radius 1 is 1.39 bits per heavy atom. The predicted octanol–water partition coefficient (Wildman–Crippen LogP) is 2.20. The summed E-state index contributed by atoms with van der Waals surface area (Å²) in [5.41, 5.74) is 6.03. The van der Waals surface area contributed by atoms with Crippen molar-refractivity contribution in [3.8, 4) is 0 Å². The van der Waals surface area contributed by atoms with Crippen LogP contribution in [-0.2, 0) is 11.3 Å². The molecule has 0 spiro atoms. The molecular formula is C11H21Cl2N3OS. The molecule has 0 atom stereocenters. The summed E-state index contributed by atoms with van der Waals surface area (Å²) in [4.78, 5) is 17.2. The molecule has 1 aromatic rings. The molecule has 0 aliphatic carbocycles. The monoisotopic (exact) mass is 313 g/mol. The van der Waals surface area contributed by atoms with E-state index >= 15 is 0 Å². The number of carbonyl (C=O) groups is 1. The summed E-state index contributed by atoms with van der Waals surface area (Å²) < 4.78 is 0. The van der Waals surface area contributed by atoms with Gasteiger partial charge in [0.25, 0.3) is 0 Å². The highest BCUT2D eigenvalue weighted by atomic mass is 35.5. The Morgan fingerprint density at radius 2 is 1.94 bits per heavy atom. The molecule has 106 valence electrons. The standard InChI is InChI=1S/C11H19N3OS.2ClH/c1-7-9(16-8(2)14-7)5-13-10(15)11(3,4)6-12;;/h5-6,12H2,1-4H3,(H,13,15);2*1H. The van der Waals surface area contributed by atoms with Crippen molar-refractivity contribution in [2.24, 2.45) is 11.1 Å². The molecule has 1 rings (SSSR count). The fraction of sp³-hybridized carbons (Fsp3) is 0.636. The molecule has 0 bridgehead atoms. The minimum Gasteiger partial charge on any atom is -0.351 e. The van der Waals surface area contributed by atoms with Gasteiger partial charge in [-0.25, -0.2) is 4.98 Å². The Labute approximate surface area is 125 Å². The van der Waals surface area contributed by atoms with Crippen LogP contribution in [0.2, 0.25) is 0 Å². The maximum absolute atomic E-state index is 11.8. The largest absolute Gasteiger partial charge is 0.351 e. The third kappa shape index (κ3) is 5.10. The number of aromatic nitrogens is 1. The molecule has 0 saturated carbocycles. The van der Waals surface area contributed by atoms with Crippen LogP contribution >= 0.6 is 36.2 Å². The highest BCUT2D eigenvalue weighted by Gasteiger charge is 2.25. The molecule has 0 unspecified atom stereocenters. The number of hydrogen-bond donors (Lipinski definition) is 2. The number of nitrogens with one attached hydrogen (secondary N) is 1. The first-order valence-electron chi connectivity index (χ1n) is 5.28. The summed E-state index contributed by atoms with van der Waals surface area (Å²) in [6, 6.07) is 0. The van der Waals surface area contributed by atoms with Gasteiger partial charge in [-0.1, -0.05) is 0 Å². The first-order valence-corrected chi connectivity index (χ1v) is 6.09. The number of aryl methyl sites for hydroxylation is 2. The number of halogens is 2. The summed E-state index contributed by atoms with van der Waals surface area (Å²) in [7, 11) is 0. The minimum atomic E-state index is -0.506. The summed E-state index contributed by atoms with van der Waals surface area (Å²) in [6.45, 7) is 8.49. The number of rotatable bonds is 4. The third-order valence-electron chi connectivity index (χ3n) is 2.53. The van der Waals surface area contributed by atoms with Crippen LogP contribution in [0.15, 0.2) is 0 Å². The molecule has 0 saturated heterocycles. The van der Waals surface area contributed by atoms with Crippen molar-refractivity contribution in [2.45, 2.75) is 34.2 Å². The summed E-state index contributed by atoms with van der Waals surface area (Å²) in [5.74, 6) is -0.0135. The Bertz CT molecular complexity index is 394. The number of nitrogens with two attached hydrogens (primary N) is 1. The van der Waals surface area contributed by atoms with Crippen molar-refractivity contribution in [3.05, 3.63) is 15.6 Å². The number of nitrogens with zero attached hydrogens (tertiary/aromatic N) is 1. The number of hydrogen-bond acceptors (Lipinski definition) is 4. The van der Waals surface area contributed by atoms with Gasteiger partial charge in [0.1, 0.15) is 0 Å². The van der Waals surface area contributed by atoms with Crippen LogP contribution in [0.25, 0.3) is 0 Å². The fourth-order valence-electron chi connectivity index (χ4n) is 1.23. The van der Waals surface area contributed by atoms with E-state index in [1.807, 2.05) is 27.7 Å². The van der Waals surface area contributed by atoms with Crippen LogP contribution in [0.4, 0.5) is 0 Å². The summed E-state index contributed by atoms with van der Waals surface area (Å²) in [6.07, 6.45) is 0. The van der Waals surface area contributed by atoms with E-state index in [2.05, 4.69) is 10.3 Å². The molecule has 18 heavy (non-hydrogen) atoms. The smallest absolute Gasteiger partial charge is 0.227 e. The van der Waals surface area contributed by atoms with Gasteiger partial charge in [-0.2, -0.15) is 0 Å². The molecule has 1 amide bonds. The van der Waals surface area contributed by atoms with E-state index in [0.29, 0.717) is 13.1 Å². The van der Waals surface area contributed by atoms with Gasteiger partial charge in [-0.15, -0.1) is 36.2 Å². The summed E-state index contributed by atoms with van der Waals surface area (Å²) in [5, 5.41) is 3.92. The number of carbonyl (C=O) groups excluding carboxylic acids is 1. The molecule has 0 aliphatic rings. The van der Waals surface area contributed by atoms with E-state index in [0.717, 1.165) is 15.6 Å². The molecule has 4 nitrogen and oxygen atoms in total. The fourth-order valence-corrected chi connectivity index (χ4v) is 2.11. The molecule has 0 aliphatic heterocycles. The van der Waals surface area contributed by atoms with Crippen molar-refractivity contribution < 1.29 is 4.79 Å². The second kappa shape index (κ2) is 7.94. The zero-order valence-corrected chi connectivity index (χ0v) is 13.5. The first-order chi connectivity index (χ1) is 7.36. The van der Waals surface area contributed by atoms with Crippen LogP contribution in [0.1, 0.15) is 29.4 Å². The second-order valence-corrected chi connectivity index (χ2v) is 5.80. The predicted molar refractivity (Wildman–Crippen MR) is 80.8 cm³/mol. The topological polar surface area (TPSA) is 68.0 Å². The number of thiazole rings is 1. The quantitative estimate of drug-likeness (QED) is 0.895. The molecule has 0 aromatic carbocycles. The first kappa shape index (κ1) is 20.0. The third-order valence-corrected chi connectivity index (χ3v) is 3.61. The maximum atomic E-state index is 11.8. The van der Waals surface area contributed by atoms with E-state index in [1.54, 1.807) is 11.3 Å². The van der Waals surface area contributed by atoms with Gasteiger partial charge in [-0.05, 0) is 27.7 Å². The van der Waals surface area contributed by atoms with Crippen LogP contribution in [0.3, 0.4) is 0 Å². The molecule has 7 heteroatoms. The Hall–Kier alpha value is -0.360. The van der Waals surface area contributed by atoms with Gasteiger partial charge >= 0.3 is 0 Å². The molecule has 1 aromatic heterocycles. The Morgan fingerprint density at radius 3 is 2.33 bits per heavy atom. The molecule has 0 fully saturated rings. The average Bonchev–Trinajstić information content (AvgIpc) is 2.53. The molecular weight excluding hydrogens is 293 g/mol. The van der Waals surface area contributed by atoms with Gasteiger partial charge in [-0.3, -0.25) is 4.79 Å². The maximum Gasteiger partial charge on any atom is 0.227 e. The SMILES string of the molecule is Cc1nc(C)c(CNC(=O)C(C)(C)CN)s1.Cl.Cl. The lowest BCUT2D eigenvalue weighted by molar-refractivity contribution is -0.129. The van der Waals surface area contributed by atoms with Crippen molar-refractivity contribution in [1.82, 2.24) is 10.3 Å². The van der Waals surface area contributed by atoms with Gasteiger partial charge in [0.15, 0.2) is 0 Å². The van der Waals surface area contributed by atoms with Crippen molar-refractivity contribution in [1.29, 1.82) is 0 Å². The van der Waals surface area contributed by atoms with Crippen molar-refractivity contribution in [3.63, 3.8) is 0 Å². The highest BCUT2D eigenvalue weighted by Crippen LogP contribution is 2.18. The van der Waals surface area contributed by atoms with E-state index < -0.39 is 5.41 Å². The normalized spacial score (nSPS) is 10.3. The van der Waals surface area contributed by atoms with Crippen LogP contribution in [0, 0.1) is 19.3 Å². The van der Waals surface area contributed by atoms with Crippen LogP contribution in [-0.4, -0.2) is 17.4 Å². The lowest BCUT2D eigenvalue weighted by Gasteiger charge is -2.20. The highest BCUT2D eigenvalue weighted by molar-refractivity contribution is 7.11. The van der Waals surface area contributed by atoms with Crippen LogP contribution in [0.5, 0.6) is 0 Å². The number of amides is 1. The molecule has 3 N–H and O–H groups in total. The average molecular weight is 314 g/mol. The Balaban J connectivity index is 0. The van der Waals surface area contributed by atoms with E-state index in [-0.39, 0.29) is 30.7 Å². The lowest BCUT2D eigenvalue weighted by atomic mass is 9.93. The summed E-state index contributed by atoms with van der Waals surface area (Å²) >= 11 is 1.62. The van der Waals surface area contributed by atoms with Crippen LogP contribution < -0.4 is 11.1 Å². The van der Waals surface area contributed by atoms with Gasteiger partial charge < -0.3 is 11.1 Å². The minimum absolute atomic E-state index is 0. The van der Waals surface area contributed by atoms with Gasteiger partial charge in [0.05, 0.1) is 22.7 Å². The van der Waals surface area contributed by atoms with Gasteiger partial charge in [0.2, 0.25) is 5.91 Å². The zero-order chi connectivity index (χ0) is 12.3. The van der Waals surface area contributed by atoms with Crippen molar-refractivity contribution in [2.75, 3.05) is 6.54 Å². The van der Waals surface area contributed by atoms with E-state index in [9.17, 15) is 4.79 Å². The second-order valence-electron chi connectivity index (χ2n) is 4.51. The molecule has 1 heterocycles. The van der Waals surface area contributed by atoms with Gasteiger partial charge in [0, 0.05) is 11.4 Å².